The molecule has 0 aliphatic carbocycles. The number of likely N-dealkylation sites (N-methyl/N-ethyl adjacent to an activating group) is 1. The lowest BCUT2D eigenvalue weighted by molar-refractivity contribution is 0.261. The number of ether oxygens (including phenoxy) is 1. The summed E-state index contributed by atoms with van der Waals surface area (Å²) in [6, 6.07) is 8.20. The van der Waals surface area contributed by atoms with Crippen molar-refractivity contribution in [1.29, 1.82) is 0 Å². The van der Waals surface area contributed by atoms with Gasteiger partial charge in [-0.05, 0) is 50.3 Å². The second-order valence-electron chi connectivity index (χ2n) is 7.06. The van der Waals surface area contributed by atoms with Crippen LogP contribution in [0.5, 0.6) is 5.75 Å². The van der Waals surface area contributed by atoms with E-state index in [4.69, 9.17) is 9.72 Å². The number of pyridine rings is 1. The minimum atomic E-state index is 0.678. The molecule has 6 nitrogen and oxygen atoms in total. The van der Waals surface area contributed by atoms with Gasteiger partial charge in [-0.25, -0.2) is 9.97 Å². The molecular formula is C21H25N5O. The predicted molar refractivity (Wildman–Crippen MR) is 109 cm³/mol. The summed E-state index contributed by atoms with van der Waals surface area (Å²) in [6.07, 6.45) is 4.76. The molecule has 4 aromatic rings. The largest absolute Gasteiger partial charge is 0.492 e. The molecule has 3 aromatic heterocycles. The van der Waals surface area contributed by atoms with E-state index in [9.17, 15) is 0 Å². The van der Waals surface area contributed by atoms with Crippen LogP contribution in [0.4, 0.5) is 0 Å². The lowest BCUT2D eigenvalue weighted by Gasteiger charge is -2.11. The van der Waals surface area contributed by atoms with Crippen LogP contribution in [0.25, 0.3) is 33.2 Å². The maximum atomic E-state index is 5.80. The summed E-state index contributed by atoms with van der Waals surface area (Å²) >= 11 is 0. The number of nitrogens with one attached hydrogen (secondary N) is 1. The minimum absolute atomic E-state index is 0.678. The fourth-order valence-corrected chi connectivity index (χ4v) is 3.50. The van der Waals surface area contributed by atoms with E-state index >= 15 is 0 Å². The van der Waals surface area contributed by atoms with Crippen LogP contribution in [0.2, 0.25) is 0 Å². The molecule has 0 aliphatic rings. The molecule has 0 aliphatic heterocycles. The Bertz CT molecular complexity index is 1080. The topological polar surface area (TPSA) is 59.0 Å². The molecular weight excluding hydrogens is 338 g/mol. The van der Waals surface area contributed by atoms with Crippen molar-refractivity contribution in [3.63, 3.8) is 0 Å². The number of fused-ring (bicyclic) bond motifs is 3. The van der Waals surface area contributed by atoms with E-state index in [-0.39, 0.29) is 0 Å². The number of rotatable bonds is 6. The summed E-state index contributed by atoms with van der Waals surface area (Å²) in [5, 5.41) is 5.47. The molecule has 1 aromatic carbocycles. The number of hydrogen-bond donors (Lipinski definition) is 1. The predicted octanol–water partition coefficient (Wildman–Crippen LogP) is 3.62. The van der Waals surface area contributed by atoms with Crippen molar-refractivity contribution in [3.8, 4) is 17.0 Å². The Labute approximate surface area is 158 Å². The van der Waals surface area contributed by atoms with Gasteiger partial charge in [0.2, 0.25) is 0 Å². The van der Waals surface area contributed by atoms with Gasteiger partial charge >= 0.3 is 0 Å². The lowest BCUT2D eigenvalue weighted by Crippen LogP contribution is -2.19. The molecule has 0 atom stereocenters. The van der Waals surface area contributed by atoms with Crippen LogP contribution in [0.1, 0.15) is 12.5 Å². The van der Waals surface area contributed by atoms with Crippen molar-refractivity contribution in [2.24, 2.45) is 7.05 Å². The van der Waals surface area contributed by atoms with Gasteiger partial charge in [-0.2, -0.15) is 0 Å². The highest BCUT2D eigenvalue weighted by atomic mass is 16.5. The zero-order valence-electron chi connectivity index (χ0n) is 16.3. The third kappa shape index (κ3) is 3.17. The molecule has 6 heteroatoms. The van der Waals surface area contributed by atoms with Gasteiger partial charge in [0.05, 0.1) is 16.6 Å². The monoisotopic (exact) mass is 363 g/mol. The molecule has 0 fully saturated rings. The number of nitrogens with zero attached hydrogens (tertiary/aromatic N) is 4. The van der Waals surface area contributed by atoms with Crippen molar-refractivity contribution in [3.05, 3.63) is 42.2 Å². The standard InChI is InChI=1S/C21H25N5O/c1-5-17-18-20-15(13-23-26(20)4)12-22-21(18)24-19(17)14-6-8-16(9-7-14)27-11-10-25(2)3/h6-9,12-13,23H,5,10-11H2,1-4H3. The van der Waals surface area contributed by atoms with Gasteiger partial charge in [0, 0.05) is 36.9 Å². The summed E-state index contributed by atoms with van der Waals surface area (Å²) in [5.74, 6) is 0.882. The second kappa shape index (κ2) is 7.04. The number of H-pyrrole nitrogens is 1. The first-order chi connectivity index (χ1) is 13.1. The van der Waals surface area contributed by atoms with Crippen molar-refractivity contribution < 1.29 is 4.74 Å². The van der Waals surface area contributed by atoms with Crippen molar-refractivity contribution >= 4 is 21.9 Å². The molecule has 3 heterocycles. The van der Waals surface area contributed by atoms with E-state index < -0.39 is 0 Å². The molecule has 0 bridgehead atoms. The van der Waals surface area contributed by atoms with E-state index in [1.807, 2.05) is 50.4 Å². The molecule has 140 valence electrons. The average Bonchev–Trinajstić information content (AvgIpc) is 3.22. The van der Waals surface area contributed by atoms with Crippen LogP contribution in [-0.4, -0.2) is 51.9 Å². The highest BCUT2D eigenvalue weighted by Crippen LogP contribution is 2.34. The van der Waals surface area contributed by atoms with E-state index in [1.165, 1.54) is 5.56 Å². The molecule has 0 radical (unpaired) electrons. The van der Waals surface area contributed by atoms with Crippen LogP contribution < -0.4 is 4.74 Å². The Morgan fingerprint density at radius 2 is 1.96 bits per heavy atom. The smallest absolute Gasteiger partial charge is 0.162 e. The van der Waals surface area contributed by atoms with Gasteiger partial charge in [0.15, 0.2) is 5.65 Å². The molecule has 4 rings (SSSR count). The number of aromatic nitrogens is 4. The first kappa shape index (κ1) is 17.5. The maximum Gasteiger partial charge on any atom is 0.162 e. The third-order valence-electron chi connectivity index (χ3n) is 4.90. The van der Waals surface area contributed by atoms with Crippen LogP contribution in [0.3, 0.4) is 0 Å². The van der Waals surface area contributed by atoms with E-state index in [0.717, 1.165) is 51.9 Å². The van der Waals surface area contributed by atoms with Crippen LogP contribution >= 0.6 is 0 Å². The number of benzene rings is 1. The van der Waals surface area contributed by atoms with Crippen molar-refractivity contribution in [2.75, 3.05) is 27.2 Å². The van der Waals surface area contributed by atoms with Gasteiger partial charge in [-0.3, -0.25) is 4.68 Å². The summed E-state index contributed by atoms with van der Waals surface area (Å²) in [7, 11) is 6.10. The molecule has 0 saturated heterocycles. The summed E-state index contributed by atoms with van der Waals surface area (Å²) in [4.78, 5) is 11.5. The van der Waals surface area contributed by atoms with Gasteiger partial charge in [0.25, 0.3) is 0 Å². The van der Waals surface area contributed by atoms with Gasteiger partial charge in [-0.15, -0.1) is 0 Å². The fourth-order valence-electron chi connectivity index (χ4n) is 3.50. The van der Waals surface area contributed by atoms with Gasteiger partial charge in [-0.1, -0.05) is 6.92 Å². The molecule has 0 saturated carbocycles. The highest BCUT2D eigenvalue weighted by Gasteiger charge is 2.18. The molecule has 1 N–H and O–H groups in total. The Morgan fingerprint density at radius 1 is 1.19 bits per heavy atom. The third-order valence-corrected chi connectivity index (χ3v) is 4.90. The molecule has 27 heavy (non-hydrogen) atoms. The SMILES string of the molecule is CCc1c(-c2ccc(OCCN(C)C)cc2)nc2ncc3c[nH]n(C)c3c12. The van der Waals surface area contributed by atoms with Crippen molar-refractivity contribution in [2.45, 2.75) is 13.3 Å². The van der Waals surface area contributed by atoms with Gasteiger partial charge in [0.1, 0.15) is 12.4 Å². The Kier molecular flexibility index (Phi) is 4.58. The highest BCUT2D eigenvalue weighted by molar-refractivity contribution is 6.06. The number of hydrogen-bond acceptors (Lipinski definition) is 4. The first-order valence-electron chi connectivity index (χ1n) is 9.27. The molecule has 0 unspecified atom stereocenters. The van der Waals surface area contributed by atoms with Gasteiger partial charge < -0.3 is 14.7 Å². The van der Waals surface area contributed by atoms with Crippen LogP contribution in [-0.2, 0) is 13.5 Å². The summed E-state index contributed by atoms with van der Waals surface area (Å²) < 4.78 is 7.84. The molecule has 0 spiro atoms. The summed E-state index contributed by atoms with van der Waals surface area (Å²) in [5.41, 5.74) is 5.29. The van der Waals surface area contributed by atoms with E-state index in [0.29, 0.717) is 6.61 Å². The normalized spacial score (nSPS) is 11.7. The van der Waals surface area contributed by atoms with Crippen molar-refractivity contribution in [1.82, 2.24) is 24.6 Å². The maximum absolute atomic E-state index is 5.80. The molecule has 0 amide bonds. The number of aryl methyl sites for hydroxylation is 2. The zero-order valence-corrected chi connectivity index (χ0v) is 16.3. The fraction of sp³-hybridized carbons (Fsp3) is 0.333. The number of aromatic amines is 1. The average molecular weight is 363 g/mol. The zero-order chi connectivity index (χ0) is 19.0. The Hall–Kier alpha value is -2.86. The lowest BCUT2D eigenvalue weighted by atomic mass is 10.0. The Morgan fingerprint density at radius 3 is 2.67 bits per heavy atom. The van der Waals surface area contributed by atoms with E-state index in [1.54, 1.807) is 0 Å². The minimum Gasteiger partial charge on any atom is -0.492 e. The summed E-state index contributed by atoms with van der Waals surface area (Å²) in [6.45, 7) is 3.74. The Balaban J connectivity index is 1.73. The quantitative estimate of drug-likeness (QED) is 0.568. The second-order valence-corrected chi connectivity index (χ2v) is 7.06. The van der Waals surface area contributed by atoms with E-state index in [2.05, 4.69) is 34.0 Å². The van der Waals surface area contributed by atoms with Crippen LogP contribution in [0, 0.1) is 0 Å². The first-order valence-corrected chi connectivity index (χ1v) is 9.27. The van der Waals surface area contributed by atoms with Crippen LogP contribution in [0.15, 0.2) is 36.7 Å².